The molecule has 0 amide bonds. The second-order valence-electron chi connectivity index (χ2n) is 6.24. The van der Waals surface area contributed by atoms with E-state index in [1.54, 1.807) is 17.2 Å². The Hall–Kier alpha value is -2.62. The van der Waals surface area contributed by atoms with Gasteiger partial charge in [0.15, 0.2) is 11.4 Å². The molecule has 0 saturated heterocycles. The topological polar surface area (TPSA) is 73.3 Å². The lowest BCUT2D eigenvalue weighted by atomic mass is 10.1. The monoisotopic (exact) mass is 409 g/mol. The molecular formula is C19H18F3N3O2S. The van der Waals surface area contributed by atoms with Crippen LogP contribution in [0.25, 0.3) is 10.7 Å². The molecule has 0 fully saturated rings. The maximum Gasteiger partial charge on any atom is 0.416 e. The highest BCUT2D eigenvalue weighted by Gasteiger charge is 2.39. The Morgan fingerprint density at radius 3 is 2.18 bits per heavy atom. The second kappa shape index (κ2) is 7.08. The number of nitrogens with zero attached hydrogens (tertiary/aromatic N) is 2. The van der Waals surface area contributed by atoms with Gasteiger partial charge in [-0.25, -0.2) is 5.43 Å². The molecule has 2 aromatic carbocycles. The molecule has 0 aromatic heterocycles. The van der Waals surface area contributed by atoms with Crippen molar-refractivity contribution in [3.63, 3.8) is 0 Å². The fourth-order valence-electron chi connectivity index (χ4n) is 3.46. The Morgan fingerprint density at radius 1 is 1.00 bits per heavy atom. The van der Waals surface area contributed by atoms with Crippen molar-refractivity contribution in [1.29, 1.82) is 0 Å². The lowest BCUT2D eigenvalue weighted by Gasteiger charge is -2.24. The highest BCUT2D eigenvalue weighted by molar-refractivity contribution is 8.07. The average Bonchev–Trinajstić information content (AvgIpc) is 2.99. The number of benzene rings is 2. The molecule has 2 aliphatic heterocycles. The number of rotatable bonds is 2. The van der Waals surface area contributed by atoms with Gasteiger partial charge in [0.05, 0.1) is 21.5 Å². The molecule has 4 rings (SSSR count). The van der Waals surface area contributed by atoms with Gasteiger partial charge >= 0.3 is 6.18 Å². The summed E-state index contributed by atoms with van der Waals surface area (Å²) in [6.45, 7) is 0. The number of fused-ring (bicyclic) bond motifs is 2. The number of quaternary nitrogens is 1. The Kier molecular flexibility index (Phi) is 5.09. The van der Waals surface area contributed by atoms with Crippen LogP contribution in [0.3, 0.4) is 0 Å². The van der Waals surface area contributed by atoms with Crippen molar-refractivity contribution in [1.82, 2.24) is 4.90 Å². The maximum absolute atomic E-state index is 12.8. The molecule has 9 heteroatoms. The molecular weight excluding hydrogens is 391 g/mol. The van der Waals surface area contributed by atoms with Crippen LogP contribution >= 0.6 is 11.8 Å². The predicted octanol–water partition coefficient (Wildman–Crippen LogP) is 1.74. The van der Waals surface area contributed by atoms with Crippen molar-refractivity contribution in [3.8, 4) is 0 Å². The van der Waals surface area contributed by atoms with Crippen LogP contribution in [0.15, 0.2) is 60.1 Å². The maximum atomic E-state index is 12.8. The van der Waals surface area contributed by atoms with Gasteiger partial charge in [-0.2, -0.15) is 18.2 Å². The minimum Gasteiger partial charge on any atom is -0.870 e. The van der Waals surface area contributed by atoms with Gasteiger partial charge in [0, 0.05) is 12.3 Å². The number of hydrogen-bond acceptors (Lipinski definition) is 5. The number of anilines is 1. The number of aliphatic hydroxyl groups excluding tert-OH is 1. The second-order valence-corrected chi connectivity index (χ2v) is 7.04. The first-order chi connectivity index (χ1) is 12.8. The number of aliphatic hydroxyl groups is 1. The Labute approximate surface area is 163 Å². The summed E-state index contributed by atoms with van der Waals surface area (Å²) in [6, 6.07) is 12.6. The highest BCUT2D eigenvalue weighted by Crippen LogP contribution is 2.33. The largest absolute Gasteiger partial charge is 0.870 e. The van der Waals surface area contributed by atoms with E-state index in [0.29, 0.717) is 11.4 Å². The van der Waals surface area contributed by atoms with Crippen LogP contribution in [-0.4, -0.2) is 28.8 Å². The predicted molar refractivity (Wildman–Crippen MR) is 101 cm³/mol. The van der Waals surface area contributed by atoms with Gasteiger partial charge < -0.3 is 15.5 Å². The number of halogens is 3. The molecule has 2 aromatic rings. The fourth-order valence-corrected chi connectivity index (χ4v) is 4.22. The van der Waals surface area contributed by atoms with Crippen molar-refractivity contribution in [2.45, 2.75) is 6.18 Å². The lowest BCUT2D eigenvalue weighted by Crippen LogP contribution is -2.90. The normalized spacial score (nSPS) is 16.2. The Bertz CT molecular complexity index is 1070. The molecule has 0 radical (unpaired) electrons. The van der Waals surface area contributed by atoms with E-state index in [1.165, 1.54) is 17.1 Å². The lowest BCUT2D eigenvalue weighted by molar-refractivity contribution is -0.568. The summed E-state index contributed by atoms with van der Waals surface area (Å²) >= 11 is 1.58. The van der Waals surface area contributed by atoms with E-state index in [-0.39, 0.29) is 11.4 Å². The highest BCUT2D eigenvalue weighted by atomic mass is 32.2. The average molecular weight is 409 g/mol. The van der Waals surface area contributed by atoms with Crippen LogP contribution in [0.2, 0.25) is 0 Å². The first-order valence-corrected chi connectivity index (χ1v) is 9.41. The molecule has 0 spiro atoms. The summed E-state index contributed by atoms with van der Waals surface area (Å²) in [5.41, 5.74) is 2.98. The van der Waals surface area contributed by atoms with Gasteiger partial charge in [0.1, 0.15) is 0 Å². The quantitative estimate of drug-likeness (QED) is 0.740. The van der Waals surface area contributed by atoms with Crippen LogP contribution in [0.4, 0.5) is 18.9 Å². The SMILES string of the molecule is CSC1=c2ccccc2=C2[NH2+]N(c3ccc(C(F)(F)F)cc3)C(O)=C2N1C.[OH-]. The van der Waals surface area contributed by atoms with Crippen molar-refractivity contribution in [2.75, 3.05) is 18.3 Å². The summed E-state index contributed by atoms with van der Waals surface area (Å²) in [5, 5.41) is 15.4. The van der Waals surface area contributed by atoms with Crippen molar-refractivity contribution in [2.24, 2.45) is 0 Å². The molecule has 0 atom stereocenters. The molecule has 2 aliphatic rings. The molecule has 28 heavy (non-hydrogen) atoms. The third-order valence-electron chi connectivity index (χ3n) is 4.71. The molecule has 4 N–H and O–H groups in total. The number of alkyl halides is 3. The summed E-state index contributed by atoms with van der Waals surface area (Å²) in [7, 11) is 1.87. The van der Waals surface area contributed by atoms with E-state index in [4.69, 9.17) is 0 Å². The minimum atomic E-state index is -4.39. The van der Waals surface area contributed by atoms with Crippen LogP contribution in [0.1, 0.15) is 5.56 Å². The van der Waals surface area contributed by atoms with Gasteiger partial charge in [-0.1, -0.05) is 18.2 Å². The summed E-state index contributed by atoms with van der Waals surface area (Å²) in [5.74, 6) is -0.00619. The Balaban J connectivity index is 0.00000225. The van der Waals surface area contributed by atoms with E-state index in [1.807, 2.05) is 42.5 Å². The fraction of sp³-hybridized carbons (Fsp3) is 0.158. The first kappa shape index (κ1) is 20.1. The molecule has 5 nitrogen and oxygen atoms in total. The third kappa shape index (κ3) is 3.01. The minimum absolute atomic E-state index is 0. The standard InChI is InChI=1S/C19H16F3N3OS.H2O/c1-24-16-15(13-5-3-4-6-14(13)18(24)27-2)23-25(17(16)26)12-9-7-11(8-10-12)19(20,21)22;/h3-10,23,26H,1-2H3;1H2. The van der Waals surface area contributed by atoms with E-state index < -0.39 is 11.7 Å². The van der Waals surface area contributed by atoms with Gasteiger partial charge in [-0.05, 0) is 36.6 Å². The van der Waals surface area contributed by atoms with Crippen molar-refractivity contribution >= 4 is 28.2 Å². The molecule has 2 heterocycles. The zero-order valence-electron chi connectivity index (χ0n) is 15.0. The van der Waals surface area contributed by atoms with Crippen molar-refractivity contribution < 1.29 is 29.2 Å². The van der Waals surface area contributed by atoms with E-state index in [2.05, 4.69) is 0 Å². The number of nitrogens with two attached hydrogens (primary N) is 1. The van der Waals surface area contributed by atoms with Crippen LogP contribution < -0.4 is 20.9 Å². The molecule has 148 valence electrons. The first-order valence-electron chi connectivity index (χ1n) is 8.19. The van der Waals surface area contributed by atoms with Gasteiger partial charge in [0.25, 0.3) is 5.88 Å². The zero-order chi connectivity index (χ0) is 19.3. The summed E-state index contributed by atoms with van der Waals surface area (Å²) < 4.78 is 38.5. The summed E-state index contributed by atoms with van der Waals surface area (Å²) in [4.78, 5) is 1.91. The van der Waals surface area contributed by atoms with E-state index in [9.17, 15) is 18.3 Å². The Morgan fingerprint density at radius 2 is 1.61 bits per heavy atom. The van der Waals surface area contributed by atoms with Crippen molar-refractivity contribution in [3.05, 3.63) is 76.1 Å². The molecule has 0 unspecified atom stereocenters. The van der Waals surface area contributed by atoms with Crippen LogP contribution in [-0.2, 0) is 6.18 Å². The van der Waals surface area contributed by atoms with Gasteiger partial charge in [0.2, 0.25) is 0 Å². The number of hydrogen-bond donors (Lipinski definition) is 2. The molecule has 0 aliphatic carbocycles. The summed E-state index contributed by atoms with van der Waals surface area (Å²) in [6.07, 6.45) is -2.42. The smallest absolute Gasteiger partial charge is 0.416 e. The van der Waals surface area contributed by atoms with E-state index >= 15 is 0 Å². The molecule has 0 bridgehead atoms. The molecule has 0 saturated carbocycles. The number of likely N-dealkylation sites (N-methyl/N-ethyl adjacent to an activating group) is 1. The zero-order valence-corrected chi connectivity index (χ0v) is 15.8. The number of thioether (sulfide) groups is 1. The third-order valence-corrected chi connectivity index (χ3v) is 5.59. The van der Waals surface area contributed by atoms with Crippen LogP contribution in [0, 0.1) is 0 Å². The van der Waals surface area contributed by atoms with Gasteiger partial charge in [-0.3, -0.25) is 0 Å². The van der Waals surface area contributed by atoms with Gasteiger partial charge in [-0.15, -0.1) is 11.8 Å². The van der Waals surface area contributed by atoms with Crippen LogP contribution in [0.5, 0.6) is 0 Å². The van der Waals surface area contributed by atoms with E-state index in [0.717, 1.165) is 33.3 Å².